The molecule has 1 aromatic heterocycles. The minimum Gasteiger partial charge on any atom is -0.490 e. The quantitative estimate of drug-likeness (QED) is 0.891. The molecule has 0 aliphatic carbocycles. The van der Waals surface area contributed by atoms with Gasteiger partial charge >= 0.3 is 6.03 Å². The SMILES string of the molecule is CCc1n[nH]c2c1CN(C(=O)Nc1ccc3c(c1)C[C@H](C)O3)CC2. The summed E-state index contributed by atoms with van der Waals surface area (Å²) in [4.78, 5) is 14.5. The van der Waals surface area contributed by atoms with E-state index in [-0.39, 0.29) is 12.1 Å². The molecule has 1 atom stereocenters. The Kier molecular flexibility index (Phi) is 3.67. The monoisotopic (exact) mass is 326 g/mol. The molecule has 0 saturated heterocycles. The largest absolute Gasteiger partial charge is 0.490 e. The lowest BCUT2D eigenvalue weighted by Crippen LogP contribution is -2.39. The van der Waals surface area contributed by atoms with Crippen molar-refractivity contribution < 1.29 is 9.53 Å². The van der Waals surface area contributed by atoms with Crippen molar-refractivity contribution in [1.82, 2.24) is 15.1 Å². The number of aromatic amines is 1. The van der Waals surface area contributed by atoms with E-state index in [1.807, 2.05) is 23.1 Å². The molecule has 6 nitrogen and oxygen atoms in total. The number of ether oxygens (including phenoxy) is 1. The van der Waals surface area contributed by atoms with E-state index in [9.17, 15) is 4.79 Å². The van der Waals surface area contributed by atoms with Gasteiger partial charge in [0.2, 0.25) is 0 Å². The van der Waals surface area contributed by atoms with Crippen molar-refractivity contribution in [3.8, 4) is 5.75 Å². The number of hydrogen-bond donors (Lipinski definition) is 2. The van der Waals surface area contributed by atoms with Gasteiger partial charge in [-0.05, 0) is 37.1 Å². The van der Waals surface area contributed by atoms with E-state index in [0.29, 0.717) is 13.1 Å². The van der Waals surface area contributed by atoms with Crippen LogP contribution in [0.15, 0.2) is 18.2 Å². The molecule has 2 aliphatic rings. The van der Waals surface area contributed by atoms with E-state index in [2.05, 4.69) is 29.4 Å². The third-order valence-corrected chi connectivity index (χ3v) is 4.79. The highest BCUT2D eigenvalue weighted by Gasteiger charge is 2.25. The fourth-order valence-electron chi connectivity index (χ4n) is 3.52. The summed E-state index contributed by atoms with van der Waals surface area (Å²) >= 11 is 0. The summed E-state index contributed by atoms with van der Waals surface area (Å²) in [6.07, 6.45) is 2.80. The summed E-state index contributed by atoms with van der Waals surface area (Å²) in [5.41, 5.74) is 5.38. The Morgan fingerprint density at radius 3 is 3.21 bits per heavy atom. The van der Waals surface area contributed by atoms with Crippen LogP contribution >= 0.6 is 0 Å². The minimum absolute atomic E-state index is 0.0594. The smallest absolute Gasteiger partial charge is 0.322 e. The fraction of sp³-hybridized carbons (Fsp3) is 0.444. The van der Waals surface area contributed by atoms with Gasteiger partial charge in [-0.3, -0.25) is 5.10 Å². The van der Waals surface area contributed by atoms with Crippen molar-refractivity contribution in [2.45, 2.75) is 45.8 Å². The summed E-state index contributed by atoms with van der Waals surface area (Å²) in [5.74, 6) is 0.925. The number of anilines is 1. The van der Waals surface area contributed by atoms with Crippen LogP contribution in [-0.4, -0.2) is 33.8 Å². The lowest BCUT2D eigenvalue weighted by atomic mass is 10.0. The van der Waals surface area contributed by atoms with Gasteiger partial charge in [-0.1, -0.05) is 6.92 Å². The molecular weight excluding hydrogens is 304 g/mol. The topological polar surface area (TPSA) is 70.2 Å². The Bertz CT molecular complexity index is 770. The molecule has 3 heterocycles. The number of hydrogen-bond acceptors (Lipinski definition) is 3. The second-order valence-corrected chi connectivity index (χ2v) is 6.54. The zero-order chi connectivity index (χ0) is 16.7. The van der Waals surface area contributed by atoms with Crippen molar-refractivity contribution >= 4 is 11.7 Å². The number of fused-ring (bicyclic) bond motifs is 2. The second-order valence-electron chi connectivity index (χ2n) is 6.54. The maximum atomic E-state index is 12.6. The number of aromatic nitrogens is 2. The third kappa shape index (κ3) is 2.62. The summed E-state index contributed by atoms with van der Waals surface area (Å²) < 4.78 is 5.71. The van der Waals surface area contributed by atoms with Crippen molar-refractivity contribution in [1.29, 1.82) is 0 Å². The van der Waals surface area contributed by atoms with Crippen LogP contribution in [0.4, 0.5) is 10.5 Å². The first kappa shape index (κ1) is 15.1. The van der Waals surface area contributed by atoms with Crippen molar-refractivity contribution in [2.24, 2.45) is 0 Å². The number of benzene rings is 1. The summed E-state index contributed by atoms with van der Waals surface area (Å²) in [5, 5.41) is 10.5. The Hall–Kier alpha value is -2.50. The molecule has 2 N–H and O–H groups in total. The maximum Gasteiger partial charge on any atom is 0.322 e. The average molecular weight is 326 g/mol. The highest BCUT2D eigenvalue weighted by atomic mass is 16.5. The van der Waals surface area contributed by atoms with Crippen LogP contribution in [0.2, 0.25) is 0 Å². The van der Waals surface area contributed by atoms with Gasteiger partial charge < -0.3 is 15.0 Å². The standard InChI is InChI=1S/C18H22N4O2/c1-3-15-14-10-22(7-6-16(14)21-20-15)18(23)19-13-4-5-17-12(9-13)8-11(2)24-17/h4-5,9,11H,3,6-8,10H2,1-2H3,(H,19,23)(H,20,21)/t11-/m0/s1. The number of nitrogens with one attached hydrogen (secondary N) is 2. The van der Waals surface area contributed by atoms with Crippen LogP contribution in [-0.2, 0) is 25.8 Å². The summed E-state index contributed by atoms with van der Waals surface area (Å²) in [6, 6.07) is 5.80. The van der Waals surface area contributed by atoms with Gasteiger partial charge in [-0.2, -0.15) is 5.10 Å². The van der Waals surface area contributed by atoms with Crippen molar-refractivity contribution in [3.05, 3.63) is 40.7 Å². The van der Waals surface area contributed by atoms with Crippen molar-refractivity contribution in [2.75, 3.05) is 11.9 Å². The molecule has 2 aliphatic heterocycles. The zero-order valence-electron chi connectivity index (χ0n) is 14.1. The van der Waals surface area contributed by atoms with Gasteiger partial charge in [-0.25, -0.2) is 4.79 Å². The highest BCUT2D eigenvalue weighted by molar-refractivity contribution is 5.89. The van der Waals surface area contributed by atoms with Gasteiger partial charge in [-0.15, -0.1) is 0 Å². The van der Waals surface area contributed by atoms with Crippen LogP contribution in [0, 0.1) is 0 Å². The summed E-state index contributed by atoms with van der Waals surface area (Å²) in [6.45, 7) is 5.46. The van der Waals surface area contributed by atoms with Crippen LogP contribution in [0.25, 0.3) is 0 Å². The van der Waals surface area contributed by atoms with Crippen LogP contribution in [0.5, 0.6) is 5.75 Å². The zero-order valence-corrected chi connectivity index (χ0v) is 14.1. The van der Waals surface area contributed by atoms with Gasteiger partial charge in [0, 0.05) is 36.3 Å². The number of carbonyl (C=O) groups is 1. The van der Waals surface area contributed by atoms with Crippen LogP contribution in [0.3, 0.4) is 0 Å². The van der Waals surface area contributed by atoms with Crippen LogP contribution in [0.1, 0.15) is 36.4 Å². The molecular formula is C18H22N4O2. The van der Waals surface area contributed by atoms with E-state index in [1.165, 1.54) is 11.3 Å². The number of carbonyl (C=O) groups excluding carboxylic acids is 1. The highest BCUT2D eigenvalue weighted by Crippen LogP contribution is 2.31. The number of amides is 2. The predicted octanol–water partition coefficient (Wildman–Crippen LogP) is 2.89. The first-order chi connectivity index (χ1) is 11.6. The minimum atomic E-state index is -0.0594. The summed E-state index contributed by atoms with van der Waals surface area (Å²) in [7, 11) is 0. The third-order valence-electron chi connectivity index (χ3n) is 4.79. The molecule has 0 unspecified atom stereocenters. The lowest BCUT2D eigenvalue weighted by Gasteiger charge is -2.27. The normalized spacial score (nSPS) is 18.8. The molecule has 0 bridgehead atoms. The molecule has 1 aromatic carbocycles. The molecule has 0 saturated carbocycles. The van der Waals surface area contributed by atoms with E-state index < -0.39 is 0 Å². The Morgan fingerprint density at radius 1 is 1.50 bits per heavy atom. The van der Waals surface area contributed by atoms with E-state index in [4.69, 9.17) is 4.74 Å². The molecule has 24 heavy (non-hydrogen) atoms. The molecule has 126 valence electrons. The second kappa shape index (κ2) is 5.85. The first-order valence-corrected chi connectivity index (χ1v) is 8.54. The molecule has 4 rings (SSSR count). The van der Waals surface area contributed by atoms with Crippen molar-refractivity contribution in [3.63, 3.8) is 0 Å². The predicted molar refractivity (Wildman–Crippen MR) is 91.3 cm³/mol. The number of urea groups is 1. The molecule has 0 radical (unpaired) electrons. The lowest BCUT2D eigenvalue weighted by molar-refractivity contribution is 0.206. The number of rotatable bonds is 2. The van der Waals surface area contributed by atoms with E-state index >= 15 is 0 Å². The van der Waals surface area contributed by atoms with E-state index in [0.717, 1.165) is 42.0 Å². The van der Waals surface area contributed by atoms with Gasteiger partial charge in [0.15, 0.2) is 0 Å². The Labute approximate surface area is 141 Å². The number of nitrogens with zero attached hydrogens (tertiary/aromatic N) is 2. The van der Waals surface area contributed by atoms with E-state index in [1.54, 1.807) is 0 Å². The molecule has 0 fully saturated rings. The Morgan fingerprint density at radius 2 is 2.38 bits per heavy atom. The van der Waals surface area contributed by atoms with Gasteiger partial charge in [0.05, 0.1) is 12.2 Å². The molecule has 0 spiro atoms. The Balaban J connectivity index is 1.47. The molecule has 6 heteroatoms. The van der Waals surface area contributed by atoms with Gasteiger partial charge in [0.25, 0.3) is 0 Å². The number of aryl methyl sites for hydroxylation is 1. The average Bonchev–Trinajstić information content (AvgIpc) is 3.15. The molecule has 2 amide bonds. The first-order valence-electron chi connectivity index (χ1n) is 8.54. The van der Waals surface area contributed by atoms with Crippen LogP contribution < -0.4 is 10.1 Å². The maximum absolute atomic E-state index is 12.6. The fourth-order valence-corrected chi connectivity index (χ4v) is 3.52. The molecule has 2 aromatic rings. The number of H-pyrrole nitrogens is 1. The van der Waals surface area contributed by atoms with Gasteiger partial charge in [0.1, 0.15) is 11.9 Å².